The van der Waals surface area contributed by atoms with E-state index in [0.29, 0.717) is 6.54 Å². The highest BCUT2D eigenvalue weighted by molar-refractivity contribution is 5.74. The molecule has 3 rings (SSSR count). The number of carbonyl (C=O) groups excluding carboxylic acids is 1. The summed E-state index contributed by atoms with van der Waals surface area (Å²) in [5.74, 6) is 0.955. The third-order valence-electron chi connectivity index (χ3n) is 5.34. The molecule has 1 aromatic carbocycles. The number of hydrogen-bond donors (Lipinski definition) is 1. The van der Waals surface area contributed by atoms with Gasteiger partial charge in [0, 0.05) is 36.8 Å². The van der Waals surface area contributed by atoms with Gasteiger partial charge in [0.1, 0.15) is 0 Å². The Balaban J connectivity index is 1.99. The molecule has 1 aliphatic rings. The maximum absolute atomic E-state index is 11.9. The second-order valence-electron chi connectivity index (χ2n) is 7.49. The lowest BCUT2D eigenvalue weighted by Gasteiger charge is -2.28. The van der Waals surface area contributed by atoms with E-state index in [4.69, 9.17) is 5.10 Å². The molecule has 0 spiro atoms. The molecule has 1 amide bonds. The molecule has 2 aromatic rings. The van der Waals surface area contributed by atoms with E-state index in [9.17, 15) is 4.79 Å². The lowest BCUT2D eigenvalue weighted by atomic mass is 10.0. The second-order valence-corrected chi connectivity index (χ2v) is 7.49. The van der Waals surface area contributed by atoms with Crippen LogP contribution in [0.25, 0.3) is 0 Å². The van der Waals surface area contributed by atoms with Crippen molar-refractivity contribution in [2.75, 3.05) is 11.9 Å². The van der Waals surface area contributed by atoms with Crippen LogP contribution in [-0.4, -0.2) is 27.1 Å². The number of fused-ring (bicyclic) bond motifs is 1. The normalized spacial score (nSPS) is 14.6. The van der Waals surface area contributed by atoms with E-state index in [1.807, 2.05) is 17.0 Å². The van der Waals surface area contributed by atoms with Crippen molar-refractivity contribution in [1.29, 1.82) is 0 Å². The summed E-state index contributed by atoms with van der Waals surface area (Å²) in [7, 11) is 0. The van der Waals surface area contributed by atoms with Gasteiger partial charge in [-0.1, -0.05) is 37.6 Å². The number of nitrogens with zero attached hydrogens (tertiary/aromatic N) is 3. The van der Waals surface area contributed by atoms with E-state index in [-0.39, 0.29) is 11.9 Å². The predicted molar refractivity (Wildman–Crippen MR) is 110 cm³/mol. The molecule has 0 fully saturated rings. The number of hydrogen-bond acceptors (Lipinski definition) is 3. The van der Waals surface area contributed by atoms with E-state index in [1.54, 1.807) is 6.92 Å². The summed E-state index contributed by atoms with van der Waals surface area (Å²) in [4.78, 5) is 13.8. The Kier molecular flexibility index (Phi) is 5.68. The van der Waals surface area contributed by atoms with E-state index in [2.05, 4.69) is 49.5 Å². The molecule has 1 unspecified atom stereocenters. The monoisotopic (exact) mass is 366 g/mol. The first kappa shape index (κ1) is 19.2. The van der Waals surface area contributed by atoms with Crippen LogP contribution in [0.5, 0.6) is 0 Å². The molecule has 2 heterocycles. The third-order valence-corrected chi connectivity index (χ3v) is 5.34. The van der Waals surface area contributed by atoms with E-state index in [0.717, 1.165) is 42.9 Å². The van der Waals surface area contributed by atoms with Gasteiger partial charge in [0.2, 0.25) is 5.91 Å². The Morgan fingerprint density at radius 3 is 2.85 bits per heavy atom. The summed E-state index contributed by atoms with van der Waals surface area (Å²) in [6.07, 6.45) is 2.90. The van der Waals surface area contributed by atoms with Gasteiger partial charge in [-0.3, -0.25) is 9.48 Å². The van der Waals surface area contributed by atoms with E-state index in [1.165, 1.54) is 16.8 Å². The number of rotatable bonds is 6. The molecule has 1 aliphatic heterocycles. The Bertz CT molecular complexity index is 852. The number of carbonyl (C=O) groups is 1. The van der Waals surface area contributed by atoms with Crippen molar-refractivity contribution in [3.8, 4) is 0 Å². The quantitative estimate of drug-likeness (QED) is 0.750. The Labute approximate surface area is 162 Å². The predicted octanol–water partition coefficient (Wildman–Crippen LogP) is 4.76. The Morgan fingerprint density at radius 1 is 1.41 bits per heavy atom. The highest BCUT2D eigenvalue weighted by atomic mass is 16.2. The van der Waals surface area contributed by atoms with Crippen molar-refractivity contribution in [3.05, 3.63) is 53.2 Å². The topological polar surface area (TPSA) is 50.2 Å². The van der Waals surface area contributed by atoms with Crippen molar-refractivity contribution in [2.45, 2.75) is 59.5 Å². The fourth-order valence-electron chi connectivity index (χ4n) is 3.70. The van der Waals surface area contributed by atoms with Gasteiger partial charge in [-0.2, -0.15) is 5.10 Å². The van der Waals surface area contributed by atoms with Crippen molar-refractivity contribution >= 4 is 17.4 Å². The zero-order valence-electron chi connectivity index (χ0n) is 16.9. The number of anilines is 2. The van der Waals surface area contributed by atoms with Crippen molar-refractivity contribution < 1.29 is 4.79 Å². The van der Waals surface area contributed by atoms with Crippen LogP contribution >= 0.6 is 0 Å². The number of aryl methyl sites for hydroxylation is 1. The molecule has 0 saturated carbocycles. The highest BCUT2D eigenvalue weighted by Gasteiger charge is 2.28. The van der Waals surface area contributed by atoms with Crippen LogP contribution in [0.3, 0.4) is 0 Å². The summed E-state index contributed by atoms with van der Waals surface area (Å²) in [6.45, 7) is 13.7. The van der Waals surface area contributed by atoms with Crippen LogP contribution in [0.2, 0.25) is 0 Å². The molecule has 0 radical (unpaired) electrons. The molecule has 0 bridgehead atoms. The van der Waals surface area contributed by atoms with Crippen LogP contribution in [0.15, 0.2) is 36.4 Å². The van der Waals surface area contributed by atoms with Gasteiger partial charge in [0.15, 0.2) is 5.82 Å². The molecule has 5 heteroatoms. The Morgan fingerprint density at radius 2 is 2.19 bits per heavy atom. The van der Waals surface area contributed by atoms with Crippen molar-refractivity contribution in [2.24, 2.45) is 0 Å². The number of nitrogens with one attached hydrogen (secondary N) is 1. The number of aromatic nitrogens is 2. The maximum atomic E-state index is 11.9. The third kappa shape index (κ3) is 4.07. The molecule has 0 aliphatic carbocycles. The average molecular weight is 367 g/mol. The lowest BCUT2D eigenvalue weighted by molar-refractivity contribution is -0.129. The molecule has 0 saturated heterocycles. The Hall–Kier alpha value is -2.56. The molecule has 1 aromatic heterocycles. The van der Waals surface area contributed by atoms with Gasteiger partial charge in [0.05, 0.1) is 12.6 Å². The first-order valence-corrected chi connectivity index (χ1v) is 9.77. The SMILES string of the molecule is C=C(CCC)C(C)n1nc(Nc2cccc(C)c2)c2c1CCN(C(C)=O)C2. The minimum absolute atomic E-state index is 0.110. The summed E-state index contributed by atoms with van der Waals surface area (Å²) in [5, 5.41) is 8.40. The van der Waals surface area contributed by atoms with Gasteiger partial charge in [-0.25, -0.2) is 0 Å². The first-order chi connectivity index (χ1) is 12.9. The standard InChI is InChI=1S/C22H30N4O/c1-6-8-16(3)17(4)26-21-11-12-25(18(5)27)14-20(21)22(24-26)23-19-10-7-9-15(2)13-19/h7,9-10,13,17H,3,6,8,11-12,14H2,1-2,4-5H3,(H,23,24). The fraction of sp³-hybridized carbons (Fsp3) is 0.455. The fourth-order valence-corrected chi connectivity index (χ4v) is 3.70. The molecule has 1 N–H and O–H groups in total. The van der Waals surface area contributed by atoms with Gasteiger partial charge < -0.3 is 10.2 Å². The van der Waals surface area contributed by atoms with Gasteiger partial charge in [-0.15, -0.1) is 0 Å². The molecule has 5 nitrogen and oxygen atoms in total. The summed E-state index contributed by atoms with van der Waals surface area (Å²) >= 11 is 0. The van der Waals surface area contributed by atoms with E-state index < -0.39 is 0 Å². The minimum Gasteiger partial charge on any atom is -0.338 e. The number of allylic oxidation sites excluding steroid dienone is 1. The zero-order valence-corrected chi connectivity index (χ0v) is 16.9. The van der Waals surface area contributed by atoms with Gasteiger partial charge in [-0.05, 0) is 38.0 Å². The van der Waals surface area contributed by atoms with Crippen LogP contribution in [0.1, 0.15) is 56.5 Å². The van der Waals surface area contributed by atoms with E-state index >= 15 is 0 Å². The molecule has 1 atom stereocenters. The second kappa shape index (κ2) is 7.99. The number of amides is 1. The first-order valence-electron chi connectivity index (χ1n) is 9.77. The van der Waals surface area contributed by atoms with Crippen LogP contribution in [0.4, 0.5) is 11.5 Å². The summed E-state index contributed by atoms with van der Waals surface area (Å²) in [6, 6.07) is 8.41. The molecular formula is C22H30N4O. The lowest BCUT2D eigenvalue weighted by Crippen LogP contribution is -2.35. The smallest absolute Gasteiger partial charge is 0.219 e. The van der Waals surface area contributed by atoms with Crippen molar-refractivity contribution in [3.63, 3.8) is 0 Å². The highest BCUT2D eigenvalue weighted by Crippen LogP contribution is 2.32. The number of benzene rings is 1. The summed E-state index contributed by atoms with van der Waals surface area (Å²) < 4.78 is 2.11. The van der Waals surface area contributed by atoms with Crippen LogP contribution in [0, 0.1) is 6.92 Å². The average Bonchev–Trinajstić information content (AvgIpc) is 2.99. The van der Waals surface area contributed by atoms with Crippen LogP contribution < -0.4 is 5.32 Å². The largest absolute Gasteiger partial charge is 0.338 e. The molecule has 144 valence electrons. The maximum Gasteiger partial charge on any atom is 0.219 e. The van der Waals surface area contributed by atoms with Crippen LogP contribution in [-0.2, 0) is 17.8 Å². The molecular weight excluding hydrogens is 336 g/mol. The zero-order chi connectivity index (χ0) is 19.6. The minimum atomic E-state index is 0.110. The van der Waals surface area contributed by atoms with Gasteiger partial charge >= 0.3 is 0 Å². The molecule has 27 heavy (non-hydrogen) atoms. The summed E-state index contributed by atoms with van der Waals surface area (Å²) in [5.41, 5.74) is 5.74. The van der Waals surface area contributed by atoms with Crippen molar-refractivity contribution in [1.82, 2.24) is 14.7 Å². The van der Waals surface area contributed by atoms with Gasteiger partial charge in [0.25, 0.3) is 0 Å².